The van der Waals surface area contributed by atoms with E-state index in [2.05, 4.69) is 0 Å². The predicted molar refractivity (Wildman–Crippen MR) is 29.4 cm³/mol. The van der Waals surface area contributed by atoms with Crippen LogP contribution in [-0.4, -0.2) is 0 Å². The molecule has 0 unspecified atom stereocenters. The number of hydrogen-bond donors (Lipinski definition) is 0. The molecule has 0 aliphatic carbocycles. The van der Waals surface area contributed by atoms with Gasteiger partial charge in [0.25, 0.3) is 0 Å². The van der Waals surface area contributed by atoms with Gasteiger partial charge in [-0.3, -0.25) is 5.11 Å². The summed E-state index contributed by atoms with van der Waals surface area (Å²) in [5.41, 5.74) is 0. The van der Waals surface area contributed by atoms with Gasteiger partial charge in [0.05, 0.1) is 0 Å². The zero-order valence-corrected chi connectivity index (χ0v) is 4.90. The van der Waals surface area contributed by atoms with E-state index in [1.807, 2.05) is 13.8 Å². The molecule has 0 heterocycles. The summed E-state index contributed by atoms with van der Waals surface area (Å²) >= 11 is 0. The van der Waals surface area contributed by atoms with Gasteiger partial charge < -0.3 is 0 Å². The summed E-state index contributed by atoms with van der Waals surface area (Å²) in [7, 11) is 0. The molecular formula is C6H11O. The molecule has 7 heavy (non-hydrogen) atoms. The Morgan fingerprint density at radius 2 is 2.14 bits per heavy atom. The molecule has 0 bridgehead atoms. The van der Waals surface area contributed by atoms with E-state index < -0.39 is 0 Å². The third-order valence-electron chi connectivity index (χ3n) is 0.780. The minimum Gasteiger partial charge on any atom is -0.295 e. The molecule has 0 aromatic carbocycles. The van der Waals surface area contributed by atoms with Crippen molar-refractivity contribution < 1.29 is 5.11 Å². The van der Waals surface area contributed by atoms with Crippen molar-refractivity contribution >= 4 is 0 Å². The highest BCUT2D eigenvalue weighted by atomic mass is 16.3. The Morgan fingerprint density at radius 1 is 1.57 bits per heavy atom. The fourth-order valence-electron chi connectivity index (χ4n) is 0.372. The van der Waals surface area contributed by atoms with Gasteiger partial charge in [-0.25, -0.2) is 0 Å². The van der Waals surface area contributed by atoms with Crippen LogP contribution in [0.15, 0.2) is 11.8 Å². The normalized spacial score (nSPS) is 12.0. The van der Waals surface area contributed by atoms with E-state index in [9.17, 15) is 5.11 Å². The summed E-state index contributed by atoms with van der Waals surface area (Å²) in [4.78, 5) is 0. The highest BCUT2D eigenvalue weighted by Crippen LogP contribution is 1.95. The van der Waals surface area contributed by atoms with E-state index in [1.165, 1.54) is 0 Å². The third kappa shape index (κ3) is 3.37. The van der Waals surface area contributed by atoms with Crippen LogP contribution in [0.2, 0.25) is 0 Å². The lowest BCUT2D eigenvalue weighted by Crippen LogP contribution is -1.70. The maximum Gasteiger partial charge on any atom is 0.151 e. The van der Waals surface area contributed by atoms with E-state index >= 15 is 0 Å². The van der Waals surface area contributed by atoms with E-state index in [4.69, 9.17) is 0 Å². The zero-order chi connectivity index (χ0) is 5.70. The Bertz CT molecular complexity index is 64.6. The molecule has 0 rings (SSSR count). The largest absolute Gasteiger partial charge is 0.295 e. The number of allylic oxidation sites excluding steroid dienone is 2. The molecule has 0 aliphatic heterocycles. The molecule has 1 radical (unpaired) electrons. The first kappa shape index (κ1) is 6.54. The van der Waals surface area contributed by atoms with Crippen molar-refractivity contribution in [1.82, 2.24) is 0 Å². The first-order valence-corrected chi connectivity index (χ1v) is 2.67. The molecule has 0 aliphatic rings. The van der Waals surface area contributed by atoms with Gasteiger partial charge in [-0.2, -0.15) is 0 Å². The van der Waals surface area contributed by atoms with Crippen molar-refractivity contribution in [3.05, 3.63) is 11.8 Å². The van der Waals surface area contributed by atoms with Crippen molar-refractivity contribution in [3.8, 4) is 0 Å². The molecule has 1 nitrogen and oxygen atoms in total. The Labute approximate surface area is 44.7 Å². The van der Waals surface area contributed by atoms with Gasteiger partial charge in [-0.15, -0.1) is 0 Å². The molecule has 0 saturated heterocycles. The fraction of sp³-hybridized carbons (Fsp3) is 0.667. The Hall–Kier alpha value is -0.460. The van der Waals surface area contributed by atoms with E-state index in [-0.39, 0.29) is 5.76 Å². The number of hydrogen-bond acceptors (Lipinski definition) is 0. The van der Waals surface area contributed by atoms with Gasteiger partial charge >= 0.3 is 0 Å². The molecule has 1 heteroatoms. The van der Waals surface area contributed by atoms with Crippen LogP contribution in [0.3, 0.4) is 0 Å². The topological polar surface area (TPSA) is 19.9 Å². The predicted octanol–water partition coefficient (Wildman–Crippen LogP) is 2.12. The quantitative estimate of drug-likeness (QED) is 0.472. The van der Waals surface area contributed by atoms with Crippen LogP contribution in [0.1, 0.15) is 26.7 Å². The molecule has 0 aromatic heterocycles. The van der Waals surface area contributed by atoms with Crippen molar-refractivity contribution in [2.24, 2.45) is 0 Å². The summed E-state index contributed by atoms with van der Waals surface area (Å²) in [6.45, 7) is 3.84. The van der Waals surface area contributed by atoms with Gasteiger partial charge in [0.15, 0.2) is 5.76 Å². The summed E-state index contributed by atoms with van der Waals surface area (Å²) in [5, 5.41) is 10.4. The summed E-state index contributed by atoms with van der Waals surface area (Å²) in [6, 6.07) is 0. The van der Waals surface area contributed by atoms with Crippen LogP contribution in [0.4, 0.5) is 0 Å². The van der Waals surface area contributed by atoms with Crippen molar-refractivity contribution in [2.45, 2.75) is 26.7 Å². The standard InChI is InChI=1S/C6H11O/c1-3-5-6(7)4-2/h5H,3-4H2,1-2H3. The lowest BCUT2D eigenvalue weighted by Gasteiger charge is -1.82. The van der Waals surface area contributed by atoms with Gasteiger partial charge in [-0.05, 0) is 12.5 Å². The summed E-state index contributed by atoms with van der Waals surface area (Å²) in [6.07, 6.45) is 3.22. The summed E-state index contributed by atoms with van der Waals surface area (Å²) in [5.74, 6) is 0.252. The maximum atomic E-state index is 10.4. The average Bonchev–Trinajstić information content (AvgIpc) is 1.68. The Kier molecular flexibility index (Phi) is 3.48. The monoisotopic (exact) mass is 99.1 g/mol. The maximum absolute atomic E-state index is 10.4. The molecule has 41 valence electrons. The Balaban J connectivity index is 3.29. The van der Waals surface area contributed by atoms with Crippen LogP contribution in [0, 0.1) is 0 Å². The summed E-state index contributed by atoms with van der Waals surface area (Å²) < 4.78 is 0. The van der Waals surface area contributed by atoms with E-state index in [0.29, 0.717) is 6.42 Å². The van der Waals surface area contributed by atoms with Crippen LogP contribution in [-0.2, 0) is 5.11 Å². The minimum atomic E-state index is 0.252. The third-order valence-corrected chi connectivity index (χ3v) is 0.780. The van der Waals surface area contributed by atoms with Crippen LogP contribution in [0.25, 0.3) is 0 Å². The highest BCUT2D eigenvalue weighted by Gasteiger charge is 1.84. The molecule has 0 atom stereocenters. The fourth-order valence-corrected chi connectivity index (χ4v) is 0.372. The first-order valence-electron chi connectivity index (χ1n) is 2.67. The second-order valence-corrected chi connectivity index (χ2v) is 1.43. The molecule has 0 fully saturated rings. The average molecular weight is 99.2 g/mol. The second-order valence-electron chi connectivity index (χ2n) is 1.43. The molecular weight excluding hydrogens is 88.1 g/mol. The van der Waals surface area contributed by atoms with Crippen molar-refractivity contribution in [3.63, 3.8) is 0 Å². The first-order chi connectivity index (χ1) is 3.31. The Morgan fingerprint density at radius 3 is 2.29 bits per heavy atom. The minimum absolute atomic E-state index is 0.252. The lowest BCUT2D eigenvalue weighted by molar-refractivity contribution is 0.283. The SMILES string of the molecule is CCC=C([O])CC. The van der Waals surface area contributed by atoms with Gasteiger partial charge in [0.1, 0.15) is 0 Å². The van der Waals surface area contributed by atoms with Crippen molar-refractivity contribution in [1.29, 1.82) is 0 Å². The molecule has 0 amide bonds. The van der Waals surface area contributed by atoms with Crippen molar-refractivity contribution in [2.75, 3.05) is 0 Å². The van der Waals surface area contributed by atoms with E-state index in [0.717, 1.165) is 6.42 Å². The highest BCUT2D eigenvalue weighted by molar-refractivity contribution is 4.87. The molecule has 0 aromatic rings. The van der Waals surface area contributed by atoms with Gasteiger partial charge in [0.2, 0.25) is 0 Å². The van der Waals surface area contributed by atoms with Crippen LogP contribution < -0.4 is 0 Å². The van der Waals surface area contributed by atoms with Gasteiger partial charge in [0, 0.05) is 6.42 Å². The van der Waals surface area contributed by atoms with E-state index in [1.54, 1.807) is 6.08 Å². The zero-order valence-electron chi connectivity index (χ0n) is 4.90. The molecule has 0 saturated carbocycles. The molecule has 0 spiro atoms. The second kappa shape index (κ2) is 3.72. The van der Waals surface area contributed by atoms with Gasteiger partial charge in [-0.1, -0.05) is 13.8 Å². The smallest absolute Gasteiger partial charge is 0.151 e. The van der Waals surface area contributed by atoms with Crippen LogP contribution in [0.5, 0.6) is 0 Å². The van der Waals surface area contributed by atoms with Crippen LogP contribution >= 0.6 is 0 Å². The molecule has 0 N–H and O–H groups in total. The number of rotatable bonds is 2. The lowest BCUT2D eigenvalue weighted by atomic mass is 10.3.